The number of carbonyl (C=O) groups excluding carboxylic acids is 1. The van der Waals surface area contributed by atoms with E-state index in [4.69, 9.17) is 4.42 Å². The van der Waals surface area contributed by atoms with E-state index in [0.717, 1.165) is 18.5 Å². The second-order valence-corrected chi connectivity index (χ2v) is 6.70. The van der Waals surface area contributed by atoms with Crippen LogP contribution in [0.5, 0.6) is 0 Å². The molecule has 4 rings (SSSR count). The Morgan fingerprint density at radius 1 is 1.16 bits per heavy atom. The maximum atomic E-state index is 11.8. The molecule has 0 radical (unpaired) electrons. The van der Waals surface area contributed by atoms with Crippen molar-refractivity contribution < 1.29 is 9.21 Å². The quantitative estimate of drug-likeness (QED) is 0.661. The molecule has 1 aliphatic rings. The summed E-state index contributed by atoms with van der Waals surface area (Å²) in [4.78, 5) is 15.0. The zero-order chi connectivity index (χ0) is 17.1. The van der Waals surface area contributed by atoms with Gasteiger partial charge in [-0.1, -0.05) is 18.2 Å². The summed E-state index contributed by atoms with van der Waals surface area (Å²) in [5.41, 5.74) is 2.38. The fourth-order valence-corrected chi connectivity index (χ4v) is 2.96. The van der Waals surface area contributed by atoms with Crippen LogP contribution in [-0.2, 0) is 24.1 Å². The van der Waals surface area contributed by atoms with Gasteiger partial charge >= 0.3 is 0 Å². The summed E-state index contributed by atoms with van der Waals surface area (Å²) >= 11 is 0. The molecule has 6 heteroatoms. The molecule has 1 aromatic carbocycles. The first-order valence-corrected chi connectivity index (χ1v) is 8.91. The molecular weight excluding hydrogens is 316 g/mol. The van der Waals surface area contributed by atoms with Crippen molar-refractivity contribution >= 4 is 16.8 Å². The minimum absolute atomic E-state index is 0.0606. The summed E-state index contributed by atoms with van der Waals surface area (Å²) in [5.74, 6) is 1.92. The summed E-state index contributed by atoms with van der Waals surface area (Å²) in [6, 6.07) is 8.24. The van der Waals surface area contributed by atoms with Crippen molar-refractivity contribution in [1.82, 2.24) is 20.5 Å². The van der Waals surface area contributed by atoms with Crippen LogP contribution in [0.15, 0.2) is 34.9 Å². The van der Waals surface area contributed by atoms with E-state index in [1.165, 1.54) is 23.8 Å². The highest BCUT2D eigenvalue weighted by Gasteiger charge is 2.21. The number of nitrogens with zero attached hydrogens (tertiary/aromatic N) is 2. The molecule has 1 amide bonds. The van der Waals surface area contributed by atoms with Crippen molar-refractivity contribution in [2.45, 2.75) is 38.5 Å². The topological polar surface area (TPSA) is 83.8 Å². The van der Waals surface area contributed by atoms with Crippen LogP contribution in [0.4, 0.5) is 0 Å². The van der Waals surface area contributed by atoms with Crippen molar-refractivity contribution in [3.8, 4) is 0 Å². The van der Waals surface area contributed by atoms with Crippen LogP contribution in [0, 0.1) is 5.92 Å². The van der Waals surface area contributed by atoms with Crippen LogP contribution in [0.1, 0.15) is 36.6 Å². The summed E-state index contributed by atoms with van der Waals surface area (Å²) < 4.78 is 5.67. The van der Waals surface area contributed by atoms with Crippen LogP contribution in [0.3, 0.4) is 0 Å². The zero-order valence-corrected chi connectivity index (χ0v) is 14.1. The Hall–Kier alpha value is -2.63. The van der Waals surface area contributed by atoms with E-state index < -0.39 is 0 Å². The predicted molar refractivity (Wildman–Crippen MR) is 94.1 cm³/mol. The van der Waals surface area contributed by atoms with Crippen LogP contribution in [0.25, 0.3) is 10.9 Å². The number of H-pyrrole nitrogens is 1. The third kappa shape index (κ3) is 4.07. The molecule has 25 heavy (non-hydrogen) atoms. The smallest absolute Gasteiger partial charge is 0.220 e. The van der Waals surface area contributed by atoms with Gasteiger partial charge in [0.05, 0.1) is 0 Å². The zero-order valence-electron chi connectivity index (χ0n) is 14.1. The molecule has 2 N–H and O–H groups in total. The molecule has 1 aliphatic carbocycles. The molecule has 0 spiro atoms. The molecular formula is C19H22N4O2. The van der Waals surface area contributed by atoms with Crippen LogP contribution in [-0.4, -0.2) is 27.6 Å². The number of aromatic amines is 1. The fraction of sp³-hybridized carbons (Fsp3) is 0.421. The molecule has 2 aromatic heterocycles. The predicted octanol–water partition coefficient (Wildman–Crippen LogP) is 2.79. The standard InChI is InChI=1S/C19H22N4O2/c24-17(21-11-13-5-6-13)8-10-19-23-22-18(25-19)9-7-14-12-20-16-4-2-1-3-15(14)16/h1-4,12-13,20H,5-11H2,(H,21,24). The molecule has 130 valence electrons. The minimum atomic E-state index is 0.0606. The van der Waals surface area contributed by atoms with Gasteiger partial charge in [0.15, 0.2) is 0 Å². The Morgan fingerprint density at radius 2 is 1.96 bits per heavy atom. The first-order valence-electron chi connectivity index (χ1n) is 8.91. The average Bonchev–Trinajstić information content (AvgIpc) is 3.20. The number of rotatable bonds is 8. The maximum Gasteiger partial charge on any atom is 0.220 e. The van der Waals surface area contributed by atoms with E-state index in [-0.39, 0.29) is 5.91 Å². The molecule has 0 aliphatic heterocycles. The van der Waals surface area contributed by atoms with Crippen LogP contribution >= 0.6 is 0 Å². The molecule has 6 nitrogen and oxygen atoms in total. The Bertz CT molecular complexity index is 863. The number of aromatic nitrogens is 3. The van der Waals surface area contributed by atoms with Gasteiger partial charge in [-0.15, -0.1) is 10.2 Å². The highest BCUT2D eigenvalue weighted by atomic mass is 16.4. The van der Waals surface area contributed by atoms with E-state index in [2.05, 4.69) is 32.6 Å². The normalized spacial score (nSPS) is 14.1. The van der Waals surface area contributed by atoms with Gasteiger partial charge in [0, 0.05) is 42.9 Å². The molecule has 0 unspecified atom stereocenters. The van der Waals surface area contributed by atoms with E-state index in [1.807, 2.05) is 18.3 Å². The van der Waals surface area contributed by atoms with Crippen molar-refractivity contribution in [3.05, 3.63) is 47.8 Å². The Labute approximate surface area is 146 Å². The van der Waals surface area contributed by atoms with Gasteiger partial charge < -0.3 is 14.7 Å². The van der Waals surface area contributed by atoms with Gasteiger partial charge in [0.2, 0.25) is 17.7 Å². The average molecular weight is 338 g/mol. The molecule has 1 fully saturated rings. The Balaban J connectivity index is 1.27. The lowest BCUT2D eigenvalue weighted by atomic mass is 10.1. The number of carbonyl (C=O) groups is 1. The maximum absolute atomic E-state index is 11.8. The van der Waals surface area contributed by atoms with Crippen LogP contribution in [0.2, 0.25) is 0 Å². The monoisotopic (exact) mass is 338 g/mol. The Kier molecular flexibility index (Phi) is 4.50. The first kappa shape index (κ1) is 15.9. The molecule has 0 saturated heterocycles. The van der Waals surface area contributed by atoms with E-state index in [1.54, 1.807) is 0 Å². The number of hydrogen-bond donors (Lipinski definition) is 2. The lowest BCUT2D eigenvalue weighted by molar-refractivity contribution is -0.121. The fourth-order valence-electron chi connectivity index (χ4n) is 2.96. The lowest BCUT2D eigenvalue weighted by Crippen LogP contribution is -2.25. The molecule has 0 atom stereocenters. The SMILES string of the molecule is O=C(CCc1nnc(CCc2c[nH]c3ccccc23)o1)NCC1CC1. The van der Waals surface area contributed by atoms with Gasteiger partial charge in [-0.3, -0.25) is 4.79 Å². The highest BCUT2D eigenvalue weighted by molar-refractivity contribution is 5.83. The summed E-state index contributed by atoms with van der Waals surface area (Å²) in [5, 5.41) is 12.3. The highest BCUT2D eigenvalue weighted by Crippen LogP contribution is 2.27. The third-order valence-corrected chi connectivity index (χ3v) is 4.64. The number of benzene rings is 1. The molecule has 0 bridgehead atoms. The molecule has 3 aromatic rings. The van der Waals surface area contributed by atoms with Crippen molar-refractivity contribution in [1.29, 1.82) is 0 Å². The van der Waals surface area contributed by atoms with Crippen molar-refractivity contribution in [2.75, 3.05) is 6.54 Å². The second kappa shape index (κ2) is 7.09. The number of nitrogens with one attached hydrogen (secondary N) is 2. The van der Waals surface area contributed by atoms with E-state index >= 15 is 0 Å². The van der Waals surface area contributed by atoms with E-state index in [9.17, 15) is 4.79 Å². The van der Waals surface area contributed by atoms with Gasteiger partial charge in [-0.2, -0.15) is 0 Å². The number of para-hydroxylation sites is 1. The molecule has 1 saturated carbocycles. The van der Waals surface area contributed by atoms with Gasteiger partial charge in [-0.25, -0.2) is 0 Å². The Morgan fingerprint density at radius 3 is 2.80 bits per heavy atom. The van der Waals surface area contributed by atoms with E-state index in [0.29, 0.717) is 37.0 Å². The van der Waals surface area contributed by atoms with Gasteiger partial charge in [0.25, 0.3) is 0 Å². The minimum Gasteiger partial charge on any atom is -0.425 e. The summed E-state index contributed by atoms with van der Waals surface area (Å²) in [7, 11) is 0. The van der Waals surface area contributed by atoms with Gasteiger partial charge in [-0.05, 0) is 36.8 Å². The largest absolute Gasteiger partial charge is 0.425 e. The third-order valence-electron chi connectivity index (χ3n) is 4.64. The van der Waals surface area contributed by atoms with Crippen molar-refractivity contribution in [2.24, 2.45) is 5.92 Å². The first-order chi connectivity index (χ1) is 12.3. The molecule has 2 heterocycles. The second-order valence-electron chi connectivity index (χ2n) is 6.70. The summed E-state index contributed by atoms with van der Waals surface area (Å²) in [6.07, 6.45) is 6.95. The lowest BCUT2D eigenvalue weighted by Gasteiger charge is -2.01. The number of amides is 1. The summed E-state index contributed by atoms with van der Waals surface area (Å²) in [6.45, 7) is 0.804. The van der Waals surface area contributed by atoms with Crippen molar-refractivity contribution in [3.63, 3.8) is 0 Å². The van der Waals surface area contributed by atoms with Gasteiger partial charge in [0.1, 0.15) is 0 Å². The van der Waals surface area contributed by atoms with Crippen LogP contribution < -0.4 is 5.32 Å². The number of fused-ring (bicyclic) bond motifs is 1. The number of hydrogen-bond acceptors (Lipinski definition) is 4. The number of aryl methyl sites for hydroxylation is 3.